The number of nitrogens with zero attached hydrogens (tertiary/aromatic N) is 3. The molecule has 0 bridgehead atoms. The van der Waals surface area contributed by atoms with Crippen LogP contribution in [0.3, 0.4) is 0 Å². The third-order valence-corrected chi connectivity index (χ3v) is 6.90. The minimum absolute atomic E-state index is 0. The van der Waals surface area contributed by atoms with Gasteiger partial charge in [0.1, 0.15) is 0 Å². The number of nitrogens with one attached hydrogen (secondary N) is 1. The Balaban J connectivity index is 0.00000341. The van der Waals surface area contributed by atoms with E-state index in [1.165, 1.54) is 0 Å². The Morgan fingerprint density at radius 3 is 2.58 bits per heavy atom. The fourth-order valence-electron chi connectivity index (χ4n) is 3.44. The van der Waals surface area contributed by atoms with Crippen molar-refractivity contribution in [3.63, 3.8) is 0 Å². The topological polar surface area (TPSA) is 92.7 Å². The van der Waals surface area contributed by atoms with Crippen LogP contribution in [0.5, 0.6) is 11.5 Å². The molecule has 2 aliphatic rings. The second kappa shape index (κ2) is 12.1. The van der Waals surface area contributed by atoms with Gasteiger partial charge in [0.25, 0.3) is 0 Å². The van der Waals surface area contributed by atoms with Crippen LogP contribution in [0.1, 0.15) is 19.4 Å². The van der Waals surface area contributed by atoms with E-state index < -0.39 is 10.0 Å². The highest BCUT2D eigenvalue weighted by Gasteiger charge is 2.28. The molecule has 0 aromatic heterocycles. The van der Waals surface area contributed by atoms with Gasteiger partial charge in [0.2, 0.25) is 16.8 Å². The van der Waals surface area contributed by atoms with Crippen LogP contribution >= 0.6 is 24.0 Å². The van der Waals surface area contributed by atoms with Gasteiger partial charge in [-0.2, -0.15) is 4.31 Å². The molecule has 1 fully saturated rings. The van der Waals surface area contributed by atoms with Crippen LogP contribution in [0.4, 0.5) is 0 Å². The van der Waals surface area contributed by atoms with E-state index in [9.17, 15) is 8.42 Å². The fourth-order valence-corrected chi connectivity index (χ4v) is 4.73. The molecule has 1 saturated heterocycles. The highest BCUT2D eigenvalue weighted by molar-refractivity contribution is 14.0. The summed E-state index contributed by atoms with van der Waals surface area (Å²) in [7, 11) is -1.55. The summed E-state index contributed by atoms with van der Waals surface area (Å²) in [5.41, 5.74) is 1.15. The molecule has 31 heavy (non-hydrogen) atoms. The lowest BCUT2D eigenvalue weighted by Gasteiger charge is -2.35. The molecule has 11 heteroatoms. The van der Waals surface area contributed by atoms with E-state index in [-0.39, 0.29) is 49.2 Å². The number of piperazine rings is 1. The highest BCUT2D eigenvalue weighted by atomic mass is 127. The van der Waals surface area contributed by atoms with Crippen molar-refractivity contribution in [1.29, 1.82) is 0 Å². The van der Waals surface area contributed by atoms with E-state index in [0.717, 1.165) is 36.0 Å². The van der Waals surface area contributed by atoms with Gasteiger partial charge in [-0.3, -0.25) is 4.99 Å². The second-order valence-electron chi connectivity index (χ2n) is 7.53. The first-order valence-corrected chi connectivity index (χ1v) is 11.9. The summed E-state index contributed by atoms with van der Waals surface area (Å²) in [5, 5.41) is 3.37. The quantitative estimate of drug-likeness (QED) is 0.289. The number of hydrogen-bond donors (Lipinski definition) is 1. The monoisotopic (exact) mass is 568 g/mol. The van der Waals surface area contributed by atoms with E-state index in [1.54, 1.807) is 11.4 Å². The van der Waals surface area contributed by atoms with E-state index in [0.29, 0.717) is 26.2 Å². The number of guanidine groups is 1. The lowest BCUT2D eigenvalue weighted by atomic mass is 10.1. The summed E-state index contributed by atoms with van der Waals surface area (Å²) in [4.78, 5) is 6.45. The summed E-state index contributed by atoms with van der Waals surface area (Å²) in [6.07, 6.45) is 0.851. The van der Waals surface area contributed by atoms with Crippen molar-refractivity contribution in [1.82, 2.24) is 14.5 Å². The summed E-state index contributed by atoms with van der Waals surface area (Å²) < 4.78 is 42.7. The Hall–Kier alpha value is -1.31. The number of hydrogen-bond acceptors (Lipinski definition) is 6. The molecule has 0 aliphatic carbocycles. The molecule has 176 valence electrons. The largest absolute Gasteiger partial charge is 0.454 e. The molecule has 0 amide bonds. The molecule has 1 aromatic rings. The summed E-state index contributed by atoms with van der Waals surface area (Å²) in [6, 6.07) is 5.96. The standard InChI is InChI=1S/C20H32N4O5S.HI/c1-16(2)27-12-13-30(25,26)24-10-8-23(9-11-24)20(21-3)22-7-6-17-4-5-18-19(14-17)29-15-28-18;/h4-5,14,16H,6-13,15H2,1-3H3,(H,21,22);1H. The number of benzene rings is 1. The van der Waals surface area contributed by atoms with Crippen molar-refractivity contribution in [2.45, 2.75) is 26.4 Å². The molecule has 0 saturated carbocycles. The fraction of sp³-hybridized carbons (Fsp3) is 0.650. The smallest absolute Gasteiger partial charge is 0.231 e. The van der Waals surface area contributed by atoms with Crippen molar-refractivity contribution >= 4 is 40.0 Å². The third-order valence-electron chi connectivity index (χ3n) is 5.07. The SMILES string of the molecule is CN=C(NCCc1ccc2c(c1)OCO2)N1CCN(S(=O)(=O)CCOC(C)C)CC1.I. The first-order valence-electron chi connectivity index (χ1n) is 10.3. The Morgan fingerprint density at radius 1 is 1.19 bits per heavy atom. The van der Waals surface area contributed by atoms with Crippen LogP contribution < -0.4 is 14.8 Å². The first kappa shape index (κ1) is 25.9. The molecule has 0 radical (unpaired) electrons. The van der Waals surface area contributed by atoms with Crippen LogP contribution in [0.15, 0.2) is 23.2 Å². The van der Waals surface area contributed by atoms with Crippen LogP contribution in [-0.4, -0.2) is 88.6 Å². The number of rotatable bonds is 8. The first-order chi connectivity index (χ1) is 14.4. The Morgan fingerprint density at radius 2 is 1.90 bits per heavy atom. The van der Waals surface area contributed by atoms with E-state index >= 15 is 0 Å². The predicted molar refractivity (Wildman–Crippen MR) is 131 cm³/mol. The zero-order valence-corrected chi connectivity index (χ0v) is 21.5. The molecule has 2 aliphatic heterocycles. The molecule has 0 atom stereocenters. The molecule has 9 nitrogen and oxygen atoms in total. The summed E-state index contributed by atoms with van der Waals surface area (Å²) in [6.45, 7) is 7.13. The van der Waals surface area contributed by atoms with Crippen LogP contribution in [0.25, 0.3) is 0 Å². The van der Waals surface area contributed by atoms with Gasteiger partial charge in [-0.15, -0.1) is 24.0 Å². The van der Waals surface area contributed by atoms with Gasteiger partial charge in [-0.25, -0.2) is 8.42 Å². The molecular formula is C20H33IN4O5S. The van der Waals surface area contributed by atoms with E-state index in [4.69, 9.17) is 14.2 Å². The minimum Gasteiger partial charge on any atom is -0.454 e. The lowest BCUT2D eigenvalue weighted by molar-refractivity contribution is 0.0904. The minimum atomic E-state index is -3.29. The molecule has 3 rings (SSSR count). The Labute approximate surface area is 202 Å². The average Bonchev–Trinajstić information content (AvgIpc) is 3.19. The van der Waals surface area contributed by atoms with Gasteiger partial charge in [-0.1, -0.05) is 6.07 Å². The molecule has 0 spiro atoms. The number of ether oxygens (including phenoxy) is 3. The van der Waals surface area contributed by atoms with E-state index in [2.05, 4.69) is 15.2 Å². The van der Waals surface area contributed by atoms with Gasteiger partial charge < -0.3 is 24.4 Å². The lowest BCUT2D eigenvalue weighted by Crippen LogP contribution is -2.54. The summed E-state index contributed by atoms with van der Waals surface area (Å²) >= 11 is 0. The van der Waals surface area contributed by atoms with Crippen LogP contribution in [0, 0.1) is 0 Å². The van der Waals surface area contributed by atoms with Gasteiger partial charge in [0, 0.05) is 39.8 Å². The number of aliphatic imine (C=N–C) groups is 1. The number of sulfonamides is 1. The predicted octanol–water partition coefficient (Wildman–Crippen LogP) is 1.52. The Bertz CT molecular complexity index is 842. The van der Waals surface area contributed by atoms with Crippen LogP contribution in [-0.2, 0) is 21.2 Å². The van der Waals surface area contributed by atoms with Crippen molar-refractivity contribution in [3.05, 3.63) is 23.8 Å². The number of fused-ring (bicyclic) bond motifs is 1. The third kappa shape index (κ3) is 7.36. The maximum Gasteiger partial charge on any atom is 0.231 e. The highest BCUT2D eigenvalue weighted by Crippen LogP contribution is 2.32. The molecule has 1 aromatic carbocycles. The summed E-state index contributed by atoms with van der Waals surface area (Å²) in [5.74, 6) is 2.38. The molecule has 2 heterocycles. The van der Waals surface area contributed by atoms with Crippen LogP contribution in [0.2, 0.25) is 0 Å². The van der Waals surface area contributed by atoms with Crippen molar-refractivity contribution in [2.24, 2.45) is 4.99 Å². The van der Waals surface area contributed by atoms with E-state index in [1.807, 2.05) is 32.0 Å². The zero-order chi connectivity index (χ0) is 21.6. The van der Waals surface area contributed by atoms with Gasteiger partial charge >= 0.3 is 0 Å². The van der Waals surface area contributed by atoms with Crippen molar-refractivity contribution < 1.29 is 22.6 Å². The normalized spacial score (nSPS) is 17.0. The maximum absolute atomic E-state index is 12.5. The molecular weight excluding hydrogens is 535 g/mol. The van der Waals surface area contributed by atoms with Gasteiger partial charge in [0.05, 0.1) is 18.5 Å². The second-order valence-corrected chi connectivity index (χ2v) is 9.62. The van der Waals surface area contributed by atoms with Gasteiger partial charge in [0.15, 0.2) is 17.5 Å². The molecule has 1 N–H and O–H groups in total. The maximum atomic E-state index is 12.5. The average molecular weight is 568 g/mol. The number of halogens is 1. The van der Waals surface area contributed by atoms with Gasteiger partial charge in [-0.05, 0) is 38.0 Å². The van der Waals surface area contributed by atoms with Crippen molar-refractivity contribution in [3.8, 4) is 11.5 Å². The Kier molecular flexibility index (Phi) is 10.1. The molecule has 0 unspecified atom stereocenters. The van der Waals surface area contributed by atoms with Crippen molar-refractivity contribution in [2.75, 3.05) is 58.9 Å². The zero-order valence-electron chi connectivity index (χ0n) is 18.4.